The molecule has 0 aromatic carbocycles. The van der Waals surface area contributed by atoms with Gasteiger partial charge in [0.2, 0.25) is 18.3 Å². The van der Waals surface area contributed by atoms with Crippen molar-refractivity contribution in [2.75, 3.05) is 18.7 Å². The van der Waals surface area contributed by atoms with Crippen LogP contribution in [0.1, 0.15) is 32.9 Å². The van der Waals surface area contributed by atoms with E-state index in [1.807, 2.05) is 6.07 Å². The van der Waals surface area contributed by atoms with Crippen LogP contribution in [0.15, 0.2) is 18.5 Å². The molecule has 33 heavy (non-hydrogen) atoms. The van der Waals surface area contributed by atoms with Crippen LogP contribution in [0.4, 0.5) is 10.6 Å². The first-order valence-corrected chi connectivity index (χ1v) is 10.0. The first-order valence-electron chi connectivity index (χ1n) is 10.0. The quantitative estimate of drug-likeness (QED) is 0.442. The Hall–Kier alpha value is -3.76. The molecule has 13 heteroatoms. The number of hydrogen-bond donors (Lipinski definition) is 2. The molecule has 3 rings (SSSR count). The van der Waals surface area contributed by atoms with E-state index < -0.39 is 36.7 Å². The van der Waals surface area contributed by atoms with Gasteiger partial charge in [-0.15, -0.1) is 0 Å². The lowest BCUT2D eigenvalue weighted by molar-refractivity contribution is -0.151. The number of amides is 1. The van der Waals surface area contributed by atoms with E-state index in [4.69, 9.17) is 9.47 Å². The maximum absolute atomic E-state index is 12.1. The lowest BCUT2D eigenvalue weighted by Gasteiger charge is -2.24. The summed E-state index contributed by atoms with van der Waals surface area (Å²) in [5.41, 5.74) is -1.19. The maximum Gasteiger partial charge on any atom is 0.511 e. The number of nitriles is 1. The summed E-state index contributed by atoms with van der Waals surface area (Å²) in [6.07, 6.45) is -2.00. The summed E-state index contributed by atoms with van der Waals surface area (Å²) >= 11 is 0. The Morgan fingerprint density at radius 3 is 2.79 bits per heavy atom. The lowest BCUT2D eigenvalue weighted by Crippen LogP contribution is -2.36. The van der Waals surface area contributed by atoms with Crippen LogP contribution in [-0.2, 0) is 34.1 Å². The van der Waals surface area contributed by atoms with Crippen LogP contribution in [-0.4, -0.2) is 63.3 Å². The van der Waals surface area contributed by atoms with Crippen molar-refractivity contribution < 1.29 is 38.4 Å². The van der Waals surface area contributed by atoms with Crippen LogP contribution >= 0.6 is 0 Å². The Bertz CT molecular complexity index is 1090. The molecule has 0 spiro atoms. The summed E-state index contributed by atoms with van der Waals surface area (Å²) in [5.74, 6) is -0.908. The highest BCUT2D eigenvalue weighted by molar-refractivity contribution is 5.94. The fourth-order valence-electron chi connectivity index (χ4n) is 3.23. The average molecular weight is 461 g/mol. The van der Waals surface area contributed by atoms with Gasteiger partial charge in [0.25, 0.3) is 0 Å². The third-order valence-electron chi connectivity index (χ3n) is 4.90. The van der Waals surface area contributed by atoms with E-state index >= 15 is 0 Å². The van der Waals surface area contributed by atoms with E-state index in [1.54, 1.807) is 19.9 Å². The van der Waals surface area contributed by atoms with Crippen molar-refractivity contribution in [3.8, 4) is 6.07 Å². The van der Waals surface area contributed by atoms with Crippen LogP contribution < -0.4 is 5.32 Å². The standard InChI is InChI=1S/C20H23N5O8/c1-11(2)18(28)24-17-14-4-5-15(25(14)23-9-22-17)20(8-21)16(27)6-13(33-20)7-30-19(29)32-10-31-12(3)26/h4-5,9,11,13,16,27H,6-7,10H2,1-3H3,(H,22,23,24,28)/t13-,16-,20+/m1/s1. The van der Waals surface area contributed by atoms with Crippen molar-refractivity contribution in [1.29, 1.82) is 5.26 Å². The predicted molar refractivity (Wildman–Crippen MR) is 108 cm³/mol. The Balaban J connectivity index is 1.76. The monoisotopic (exact) mass is 461 g/mol. The predicted octanol–water partition coefficient (Wildman–Crippen LogP) is 0.866. The number of carbonyl (C=O) groups is 3. The van der Waals surface area contributed by atoms with E-state index in [-0.39, 0.29) is 36.4 Å². The number of anilines is 1. The highest BCUT2D eigenvalue weighted by atomic mass is 16.8. The SMILES string of the molecule is CC(=O)OCOC(=O)OC[C@H]1C[C@@H](O)[C@](C#N)(c2ccc3c(NC(=O)C(C)C)ncnn23)O1. The van der Waals surface area contributed by atoms with Crippen molar-refractivity contribution in [3.05, 3.63) is 24.2 Å². The summed E-state index contributed by atoms with van der Waals surface area (Å²) in [6.45, 7) is 3.71. The molecule has 0 bridgehead atoms. The number of fused-ring (bicyclic) bond motifs is 1. The van der Waals surface area contributed by atoms with Gasteiger partial charge in [-0.3, -0.25) is 9.59 Å². The molecular weight excluding hydrogens is 438 g/mol. The number of ether oxygens (including phenoxy) is 4. The van der Waals surface area contributed by atoms with E-state index in [1.165, 1.54) is 16.9 Å². The number of hydrogen-bond acceptors (Lipinski definition) is 11. The number of aliphatic hydroxyl groups is 1. The molecule has 1 aliphatic rings. The molecule has 0 radical (unpaired) electrons. The Labute approximate surface area is 188 Å². The number of nitrogens with zero attached hydrogens (tertiary/aromatic N) is 4. The molecule has 3 heterocycles. The molecule has 2 aromatic heterocycles. The number of aromatic nitrogens is 3. The van der Waals surface area contributed by atoms with Crippen molar-refractivity contribution >= 4 is 29.4 Å². The second-order valence-corrected chi connectivity index (χ2v) is 7.57. The van der Waals surface area contributed by atoms with Gasteiger partial charge in [-0.2, -0.15) is 10.4 Å². The fourth-order valence-corrected chi connectivity index (χ4v) is 3.23. The smallest absolute Gasteiger partial charge is 0.431 e. The molecule has 1 saturated heterocycles. The van der Waals surface area contributed by atoms with Gasteiger partial charge in [0.1, 0.15) is 30.6 Å². The second kappa shape index (κ2) is 9.80. The Morgan fingerprint density at radius 2 is 2.12 bits per heavy atom. The topological polar surface area (TPSA) is 174 Å². The summed E-state index contributed by atoms with van der Waals surface area (Å²) in [4.78, 5) is 38.4. The van der Waals surface area contributed by atoms with E-state index in [0.717, 1.165) is 6.92 Å². The van der Waals surface area contributed by atoms with Gasteiger partial charge in [-0.25, -0.2) is 14.3 Å². The third kappa shape index (κ3) is 5.02. The Morgan fingerprint density at radius 1 is 1.36 bits per heavy atom. The summed E-state index contributed by atoms with van der Waals surface area (Å²) in [6, 6.07) is 5.13. The summed E-state index contributed by atoms with van der Waals surface area (Å²) in [5, 5.41) is 27.5. The number of nitrogens with one attached hydrogen (secondary N) is 1. The molecule has 0 aliphatic carbocycles. The first-order chi connectivity index (χ1) is 15.7. The van der Waals surface area contributed by atoms with Crippen molar-refractivity contribution in [2.24, 2.45) is 5.92 Å². The third-order valence-corrected chi connectivity index (χ3v) is 4.90. The molecule has 2 N–H and O–H groups in total. The van der Waals surface area contributed by atoms with Gasteiger partial charge in [0.15, 0.2) is 5.82 Å². The molecular formula is C20H23N5O8. The fraction of sp³-hybridized carbons (Fsp3) is 0.500. The molecule has 3 atom stereocenters. The van der Waals surface area contributed by atoms with E-state index in [9.17, 15) is 24.8 Å². The highest BCUT2D eigenvalue weighted by Crippen LogP contribution is 2.40. The van der Waals surface area contributed by atoms with Crippen LogP contribution in [0.2, 0.25) is 0 Å². The van der Waals surface area contributed by atoms with Gasteiger partial charge < -0.3 is 29.4 Å². The van der Waals surface area contributed by atoms with Crippen LogP contribution in [0.25, 0.3) is 5.52 Å². The average Bonchev–Trinajstić information content (AvgIpc) is 3.34. The maximum atomic E-state index is 12.1. The summed E-state index contributed by atoms with van der Waals surface area (Å²) in [7, 11) is 0. The highest BCUT2D eigenvalue weighted by Gasteiger charge is 2.52. The molecule has 176 valence electrons. The van der Waals surface area contributed by atoms with Gasteiger partial charge in [-0.1, -0.05) is 13.8 Å². The van der Waals surface area contributed by atoms with Crippen molar-refractivity contribution in [3.63, 3.8) is 0 Å². The number of carbonyl (C=O) groups excluding carboxylic acids is 3. The molecule has 1 amide bonds. The van der Waals surface area contributed by atoms with Gasteiger partial charge in [0.05, 0.1) is 11.8 Å². The Kier molecular flexibility index (Phi) is 7.10. The van der Waals surface area contributed by atoms with Gasteiger partial charge >= 0.3 is 12.1 Å². The number of esters is 1. The molecule has 2 aromatic rings. The minimum Gasteiger partial charge on any atom is -0.431 e. The number of aliphatic hydroxyl groups excluding tert-OH is 1. The molecule has 13 nitrogen and oxygen atoms in total. The molecule has 1 aliphatic heterocycles. The zero-order valence-electron chi connectivity index (χ0n) is 18.2. The van der Waals surface area contributed by atoms with Crippen LogP contribution in [0.3, 0.4) is 0 Å². The van der Waals surface area contributed by atoms with Crippen LogP contribution in [0, 0.1) is 17.2 Å². The zero-order valence-corrected chi connectivity index (χ0v) is 18.2. The number of rotatable bonds is 7. The van der Waals surface area contributed by atoms with Crippen LogP contribution in [0.5, 0.6) is 0 Å². The minimum atomic E-state index is -1.81. The normalized spacial score (nSPS) is 22.1. The minimum absolute atomic E-state index is 0.0138. The lowest BCUT2D eigenvalue weighted by atomic mass is 9.94. The first kappa shape index (κ1) is 23.9. The van der Waals surface area contributed by atoms with Gasteiger partial charge in [0, 0.05) is 19.3 Å². The molecule has 1 fully saturated rings. The van der Waals surface area contributed by atoms with Gasteiger partial charge in [-0.05, 0) is 12.1 Å². The van der Waals surface area contributed by atoms with Crippen molar-refractivity contribution in [1.82, 2.24) is 14.6 Å². The second-order valence-electron chi connectivity index (χ2n) is 7.57. The zero-order chi connectivity index (χ0) is 24.2. The van der Waals surface area contributed by atoms with Crippen molar-refractivity contribution in [2.45, 2.75) is 45.0 Å². The van der Waals surface area contributed by atoms with E-state index in [2.05, 4.69) is 24.9 Å². The largest absolute Gasteiger partial charge is 0.511 e. The molecule has 0 unspecified atom stereocenters. The van der Waals surface area contributed by atoms with E-state index in [0.29, 0.717) is 5.52 Å². The molecule has 0 saturated carbocycles. The summed E-state index contributed by atoms with van der Waals surface area (Å²) < 4.78 is 21.1.